The maximum atomic E-state index is 12.7. The van der Waals surface area contributed by atoms with Crippen molar-refractivity contribution in [3.8, 4) is 0 Å². The lowest BCUT2D eigenvalue weighted by molar-refractivity contribution is 0.0691. The highest BCUT2D eigenvalue weighted by atomic mass is 16.2. The van der Waals surface area contributed by atoms with Crippen molar-refractivity contribution in [3.63, 3.8) is 0 Å². The molecule has 0 atom stereocenters. The topological polar surface area (TPSA) is 58.1 Å². The summed E-state index contributed by atoms with van der Waals surface area (Å²) in [6.45, 7) is 8.04. The average Bonchev–Trinajstić information content (AvgIpc) is 2.63. The zero-order valence-electron chi connectivity index (χ0n) is 15.2. The van der Waals surface area contributed by atoms with E-state index in [0.717, 1.165) is 43.6 Å². The Labute approximate surface area is 149 Å². The molecule has 0 spiro atoms. The summed E-state index contributed by atoms with van der Waals surface area (Å²) in [5, 5.41) is 3.30. The number of aryl methyl sites for hydroxylation is 2. The lowest BCUT2D eigenvalue weighted by Gasteiger charge is -2.30. The number of aromatic nitrogens is 2. The minimum atomic E-state index is -0.00199. The minimum absolute atomic E-state index is 0.00199. The number of hydrogen-bond acceptors (Lipinski definition) is 4. The molecule has 1 aromatic heterocycles. The molecule has 1 N–H and O–H groups in total. The standard InChI is InChI=1S/C20H26N4O/c1-4-16-7-5-6-15(3)18(16)23-20-21-11-8-17(22-20)19(25)24-12-9-14(2)10-13-24/h5-8,11,14H,4,9-10,12-13H2,1-3H3,(H,21,22,23). The number of nitrogens with zero attached hydrogens (tertiary/aromatic N) is 3. The number of benzene rings is 1. The SMILES string of the molecule is CCc1cccc(C)c1Nc1nccc(C(=O)N2CCC(C)CC2)n1. The largest absolute Gasteiger partial charge is 0.337 e. The molecule has 1 aliphatic heterocycles. The van der Waals surface area contributed by atoms with Crippen LogP contribution in [0.2, 0.25) is 0 Å². The van der Waals surface area contributed by atoms with E-state index in [0.29, 0.717) is 17.6 Å². The van der Waals surface area contributed by atoms with Gasteiger partial charge in [0.2, 0.25) is 5.95 Å². The molecule has 0 radical (unpaired) electrons. The minimum Gasteiger partial charge on any atom is -0.337 e. The van der Waals surface area contributed by atoms with E-state index in [1.54, 1.807) is 12.3 Å². The predicted molar refractivity (Wildman–Crippen MR) is 100 cm³/mol. The van der Waals surface area contributed by atoms with E-state index in [2.05, 4.69) is 54.3 Å². The second-order valence-electron chi connectivity index (χ2n) is 6.83. The predicted octanol–water partition coefficient (Wildman–Crippen LogP) is 3.96. The van der Waals surface area contributed by atoms with E-state index in [4.69, 9.17) is 0 Å². The molecule has 2 aromatic rings. The lowest BCUT2D eigenvalue weighted by atomic mass is 9.99. The van der Waals surface area contributed by atoms with Crippen molar-refractivity contribution in [3.05, 3.63) is 47.3 Å². The molecule has 1 saturated heterocycles. The quantitative estimate of drug-likeness (QED) is 0.916. The van der Waals surface area contributed by atoms with Gasteiger partial charge in [-0.2, -0.15) is 0 Å². The van der Waals surface area contributed by atoms with Gasteiger partial charge in [0.1, 0.15) is 5.69 Å². The second-order valence-corrected chi connectivity index (χ2v) is 6.83. The van der Waals surface area contributed by atoms with Gasteiger partial charge in [0.25, 0.3) is 5.91 Å². The Kier molecular flexibility index (Phi) is 5.31. The van der Waals surface area contributed by atoms with Crippen LogP contribution in [0, 0.1) is 12.8 Å². The van der Waals surface area contributed by atoms with Crippen molar-refractivity contribution in [2.75, 3.05) is 18.4 Å². The average molecular weight is 338 g/mol. The van der Waals surface area contributed by atoms with E-state index in [-0.39, 0.29) is 5.91 Å². The zero-order chi connectivity index (χ0) is 17.8. The Morgan fingerprint density at radius 3 is 2.76 bits per heavy atom. The van der Waals surface area contributed by atoms with E-state index in [1.807, 2.05) is 4.90 Å². The Morgan fingerprint density at radius 2 is 2.04 bits per heavy atom. The Morgan fingerprint density at radius 1 is 1.28 bits per heavy atom. The summed E-state index contributed by atoms with van der Waals surface area (Å²) in [7, 11) is 0. The van der Waals surface area contributed by atoms with Crippen LogP contribution in [-0.4, -0.2) is 33.9 Å². The first-order chi connectivity index (χ1) is 12.1. The van der Waals surface area contributed by atoms with Crippen LogP contribution in [0.1, 0.15) is 48.3 Å². The molecule has 1 amide bonds. The molecular weight excluding hydrogens is 312 g/mol. The van der Waals surface area contributed by atoms with Crippen LogP contribution in [-0.2, 0) is 6.42 Å². The number of piperidine rings is 1. The molecule has 25 heavy (non-hydrogen) atoms. The van der Waals surface area contributed by atoms with Crippen molar-refractivity contribution >= 4 is 17.5 Å². The summed E-state index contributed by atoms with van der Waals surface area (Å²) in [6, 6.07) is 7.91. The summed E-state index contributed by atoms with van der Waals surface area (Å²) in [5.74, 6) is 1.17. The van der Waals surface area contributed by atoms with Crippen LogP contribution in [0.3, 0.4) is 0 Å². The molecule has 1 fully saturated rings. The van der Waals surface area contributed by atoms with Crippen LogP contribution in [0.25, 0.3) is 0 Å². The first-order valence-electron chi connectivity index (χ1n) is 9.06. The van der Waals surface area contributed by atoms with Crippen LogP contribution in [0.5, 0.6) is 0 Å². The fourth-order valence-electron chi connectivity index (χ4n) is 3.23. The fourth-order valence-corrected chi connectivity index (χ4v) is 3.23. The van der Waals surface area contributed by atoms with Crippen LogP contribution < -0.4 is 5.32 Å². The van der Waals surface area contributed by atoms with E-state index in [9.17, 15) is 4.79 Å². The molecule has 0 saturated carbocycles. The van der Waals surface area contributed by atoms with E-state index in [1.165, 1.54) is 5.56 Å². The lowest BCUT2D eigenvalue weighted by Crippen LogP contribution is -2.38. The first-order valence-corrected chi connectivity index (χ1v) is 9.06. The Bertz CT molecular complexity index is 751. The highest BCUT2D eigenvalue weighted by Crippen LogP contribution is 2.24. The van der Waals surface area contributed by atoms with Crippen molar-refractivity contribution in [1.82, 2.24) is 14.9 Å². The van der Waals surface area contributed by atoms with Crippen LogP contribution in [0.15, 0.2) is 30.5 Å². The molecule has 0 unspecified atom stereocenters. The third-order valence-corrected chi connectivity index (χ3v) is 4.92. The number of para-hydroxylation sites is 1. The smallest absolute Gasteiger partial charge is 0.272 e. The van der Waals surface area contributed by atoms with Gasteiger partial charge in [-0.15, -0.1) is 0 Å². The normalized spacial score (nSPS) is 15.2. The molecule has 5 nitrogen and oxygen atoms in total. The number of nitrogens with one attached hydrogen (secondary N) is 1. The van der Waals surface area contributed by atoms with E-state index >= 15 is 0 Å². The number of carbonyl (C=O) groups excluding carboxylic acids is 1. The van der Waals surface area contributed by atoms with Crippen molar-refractivity contribution < 1.29 is 4.79 Å². The van der Waals surface area contributed by atoms with Gasteiger partial charge in [0, 0.05) is 25.0 Å². The van der Waals surface area contributed by atoms with Crippen molar-refractivity contribution in [1.29, 1.82) is 0 Å². The summed E-state index contributed by atoms with van der Waals surface area (Å²) in [5.41, 5.74) is 3.84. The number of hydrogen-bond donors (Lipinski definition) is 1. The van der Waals surface area contributed by atoms with Gasteiger partial charge in [-0.3, -0.25) is 4.79 Å². The molecule has 1 aromatic carbocycles. The van der Waals surface area contributed by atoms with Crippen LogP contribution >= 0.6 is 0 Å². The molecule has 132 valence electrons. The maximum Gasteiger partial charge on any atom is 0.272 e. The molecular formula is C20H26N4O. The molecule has 3 rings (SSSR count). The highest BCUT2D eigenvalue weighted by molar-refractivity contribution is 5.92. The van der Waals surface area contributed by atoms with Gasteiger partial charge >= 0.3 is 0 Å². The van der Waals surface area contributed by atoms with Gasteiger partial charge < -0.3 is 10.2 Å². The summed E-state index contributed by atoms with van der Waals surface area (Å²) >= 11 is 0. The third kappa shape index (κ3) is 3.98. The van der Waals surface area contributed by atoms with Gasteiger partial charge in [0.15, 0.2) is 0 Å². The monoisotopic (exact) mass is 338 g/mol. The van der Waals surface area contributed by atoms with Gasteiger partial charge in [-0.1, -0.05) is 32.0 Å². The first kappa shape index (κ1) is 17.4. The molecule has 0 aliphatic carbocycles. The Hall–Kier alpha value is -2.43. The third-order valence-electron chi connectivity index (χ3n) is 4.92. The van der Waals surface area contributed by atoms with Gasteiger partial charge in [0.05, 0.1) is 0 Å². The van der Waals surface area contributed by atoms with Gasteiger partial charge in [-0.05, 0) is 49.3 Å². The van der Waals surface area contributed by atoms with E-state index < -0.39 is 0 Å². The number of carbonyl (C=O) groups is 1. The molecule has 2 heterocycles. The maximum absolute atomic E-state index is 12.7. The Balaban J connectivity index is 1.79. The summed E-state index contributed by atoms with van der Waals surface area (Å²) in [6.07, 6.45) is 4.70. The van der Waals surface area contributed by atoms with Crippen molar-refractivity contribution in [2.45, 2.75) is 40.0 Å². The number of amides is 1. The summed E-state index contributed by atoms with van der Waals surface area (Å²) in [4.78, 5) is 23.4. The van der Waals surface area contributed by atoms with Crippen molar-refractivity contribution in [2.24, 2.45) is 5.92 Å². The number of rotatable bonds is 4. The van der Waals surface area contributed by atoms with Crippen LogP contribution in [0.4, 0.5) is 11.6 Å². The second kappa shape index (κ2) is 7.64. The number of likely N-dealkylation sites (tertiary alicyclic amines) is 1. The number of anilines is 2. The summed E-state index contributed by atoms with van der Waals surface area (Å²) < 4.78 is 0. The zero-order valence-corrected chi connectivity index (χ0v) is 15.2. The fraction of sp³-hybridized carbons (Fsp3) is 0.450. The molecule has 5 heteroatoms. The molecule has 1 aliphatic rings. The van der Waals surface area contributed by atoms with Gasteiger partial charge in [-0.25, -0.2) is 9.97 Å². The molecule has 0 bridgehead atoms. The highest BCUT2D eigenvalue weighted by Gasteiger charge is 2.22.